The minimum absolute atomic E-state index is 0.118. The van der Waals surface area contributed by atoms with Crippen LogP contribution in [0.25, 0.3) is 0 Å². The van der Waals surface area contributed by atoms with E-state index in [4.69, 9.17) is 18.9 Å². The predicted molar refractivity (Wildman–Crippen MR) is 173 cm³/mol. The molecular weight excluding hydrogens is 587 g/mol. The van der Waals surface area contributed by atoms with E-state index in [1.165, 1.54) is 17.7 Å². The van der Waals surface area contributed by atoms with Crippen LogP contribution in [0.5, 0.6) is 0 Å². The number of halogens is 1. The summed E-state index contributed by atoms with van der Waals surface area (Å²) in [6.07, 6.45) is -0.669. The van der Waals surface area contributed by atoms with Crippen molar-refractivity contribution in [1.29, 1.82) is 0 Å². The van der Waals surface area contributed by atoms with Crippen molar-refractivity contribution < 1.29 is 32.9 Å². The smallest absolute Gasteiger partial charge is 0.407 e. The van der Waals surface area contributed by atoms with Crippen molar-refractivity contribution in [2.45, 2.75) is 89.6 Å². The van der Waals surface area contributed by atoms with Gasteiger partial charge in [-0.1, -0.05) is 66.7 Å². The fourth-order valence-corrected chi connectivity index (χ4v) is 6.11. The summed E-state index contributed by atoms with van der Waals surface area (Å²) in [4.78, 5) is 29.0. The Morgan fingerprint density at radius 3 is 2.46 bits per heavy atom. The van der Waals surface area contributed by atoms with E-state index in [0.29, 0.717) is 26.2 Å². The molecule has 2 amide bonds. The average molecular weight is 633 g/mol. The van der Waals surface area contributed by atoms with Crippen LogP contribution in [-0.2, 0) is 43.2 Å². The number of hydrogen-bond acceptors (Lipinski definition) is 6. The Balaban J connectivity index is 1.29. The highest BCUT2D eigenvalue weighted by molar-refractivity contribution is 5.82. The van der Waals surface area contributed by atoms with Gasteiger partial charge in [0.05, 0.1) is 38.0 Å². The standard InChI is InChI=1S/C37H45FN2O6/c1-25(22-43-23-27-10-6-5-7-11-27)45-34-24-44-33(21-31(34)39-36(42)46-37(2,3)4)35(41)40-19-18-28-12-8-9-13-30(28)32(40)20-26-14-16-29(38)17-15-26/h5-17,25,31-34H,18-24H2,1-4H3,(H,39,42)/t25-,31-,32-,33+,34-/m0/s1. The summed E-state index contributed by atoms with van der Waals surface area (Å²) < 4.78 is 37.6. The molecule has 46 heavy (non-hydrogen) atoms. The van der Waals surface area contributed by atoms with Crippen molar-refractivity contribution in [1.82, 2.24) is 10.2 Å². The minimum atomic E-state index is -0.787. The summed E-state index contributed by atoms with van der Waals surface area (Å²) in [5, 5.41) is 2.96. The quantitative estimate of drug-likeness (QED) is 0.288. The Morgan fingerprint density at radius 1 is 1.00 bits per heavy atom. The molecule has 3 aromatic carbocycles. The van der Waals surface area contributed by atoms with Crippen LogP contribution in [0.1, 0.15) is 62.4 Å². The fraction of sp³-hybridized carbons (Fsp3) is 0.459. The highest BCUT2D eigenvalue weighted by atomic mass is 19.1. The third kappa shape index (κ3) is 9.15. The largest absolute Gasteiger partial charge is 0.444 e. The number of rotatable bonds is 10. The molecule has 0 aromatic heterocycles. The van der Waals surface area contributed by atoms with E-state index in [-0.39, 0.29) is 36.9 Å². The predicted octanol–water partition coefficient (Wildman–Crippen LogP) is 6.17. The molecule has 8 nitrogen and oxygen atoms in total. The van der Waals surface area contributed by atoms with Gasteiger partial charge in [-0.2, -0.15) is 0 Å². The SMILES string of the molecule is C[C@@H](COCc1ccccc1)O[C@H]1CO[C@@H](C(=O)N2CCc3ccccc3[C@@H]2Cc2ccc(F)cc2)C[C@@H]1NC(=O)OC(C)(C)C. The maximum Gasteiger partial charge on any atom is 0.407 e. The van der Waals surface area contributed by atoms with Crippen LogP contribution < -0.4 is 5.32 Å². The monoisotopic (exact) mass is 632 g/mol. The van der Waals surface area contributed by atoms with Crippen LogP contribution >= 0.6 is 0 Å². The number of benzene rings is 3. The lowest BCUT2D eigenvalue weighted by molar-refractivity contribution is -0.166. The lowest BCUT2D eigenvalue weighted by atomic mass is 9.87. The van der Waals surface area contributed by atoms with Crippen molar-refractivity contribution in [3.63, 3.8) is 0 Å². The first-order valence-corrected chi connectivity index (χ1v) is 16.1. The lowest BCUT2D eigenvalue weighted by Gasteiger charge is -2.42. The van der Waals surface area contributed by atoms with Crippen molar-refractivity contribution in [2.24, 2.45) is 0 Å². The molecule has 5 rings (SSSR count). The van der Waals surface area contributed by atoms with E-state index in [9.17, 15) is 14.0 Å². The van der Waals surface area contributed by atoms with Gasteiger partial charge in [0.25, 0.3) is 5.91 Å². The third-order valence-electron chi connectivity index (χ3n) is 8.26. The molecule has 9 heteroatoms. The number of alkyl carbamates (subject to hydrolysis) is 1. The van der Waals surface area contributed by atoms with Crippen LogP contribution in [-0.4, -0.2) is 66.6 Å². The Hall–Kier alpha value is -3.79. The summed E-state index contributed by atoms with van der Waals surface area (Å²) in [6, 6.07) is 23.7. The molecule has 0 aliphatic carbocycles. The van der Waals surface area contributed by atoms with Crippen molar-refractivity contribution >= 4 is 12.0 Å². The second-order valence-corrected chi connectivity index (χ2v) is 13.1. The number of carbonyl (C=O) groups is 2. The maximum atomic E-state index is 14.2. The zero-order chi connectivity index (χ0) is 32.7. The fourth-order valence-electron chi connectivity index (χ4n) is 6.11. The highest BCUT2D eigenvalue weighted by Crippen LogP contribution is 2.34. The van der Waals surface area contributed by atoms with E-state index >= 15 is 0 Å². The van der Waals surface area contributed by atoms with Gasteiger partial charge in [0.15, 0.2) is 0 Å². The molecule has 3 aromatic rings. The van der Waals surface area contributed by atoms with Crippen molar-refractivity contribution in [3.8, 4) is 0 Å². The van der Waals surface area contributed by atoms with Gasteiger partial charge in [0.2, 0.25) is 0 Å². The third-order valence-corrected chi connectivity index (χ3v) is 8.26. The normalized spacial score (nSPS) is 22.1. The van der Waals surface area contributed by atoms with E-state index in [1.54, 1.807) is 32.9 Å². The topological polar surface area (TPSA) is 86.3 Å². The molecule has 2 heterocycles. The van der Waals surface area contributed by atoms with Crippen molar-refractivity contribution in [2.75, 3.05) is 19.8 Å². The number of fused-ring (bicyclic) bond motifs is 1. The molecule has 246 valence electrons. The van der Waals surface area contributed by atoms with E-state index in [2.05, 4.69) is 17.4 Å². The van der Waals surface area contributed by atoms with Gasteiger partial charge in [-0.15, -0.1) is 0 Å². The Kier molecular flexibility index (Phi) is 11.1. The zero-order valence-electron chi connectivity index (χ0n) is 27.1. The molecule has 2 aliphatic rings. The first-order chi connectivity index (χ1) is 22.1. The highest BCUT2D eigenvalue weighted by Gasteiger charge is 2.42. The first kappa shape index (κ1) is 33.6. The maximum absolute atomic E-state index is 14.2. The van der Waals surface area contributed by atoms with E-state index in [0.717, 1.165) is 23.1 Å². The molecule has 1 N–H and O–H groups in total. The van der Waals surface area contributed by atoms with Crippen LogP contribution in [0.4, 0.5) is 9.18 Å². The summed E-state index contributed by atoms with van der Waals surface area (Å²) in [5.74, 6) is -0.441. The molecular formula is C37H45FN2O6. The van der Waals surface area contributed by atoms with Crippen LogP contribution in [0.3, 0.4) is 0 Å². The number of amides is 2. The number of nitrogens with zero attached hydrogens (tertiary/aromatic N) is 1. The second-order valence-electron chi connectivity index (χ2n) is 13.1. The number of nitrogens with one attached hydrogen (secondary N) is 1. The first-order valence-electron chi connectivity index (χ1n) is 16.1. The van der Waals surface area contributed by atoms with E-state index < -0.39 is 29.9 Å². The van der Waals surface area contributed by atoms with Crippen LogP contribution in [0.2, 0.25) is 0 Å². The Bertz CT molecular complexity index is 1440. The molecule has 1 fully saturated rings. The summed E-state index contributed by atoms with van der Waals surface area (Å²) >= 11 is 0. The average Bonchev–Trinajstić information content (AvgIpc) is 3.02. The van der Waals surface area contributed by atoms with Crippen molar-refractivity contribution in [3.05, 3.63) is 107 Å². The summed E-state index contributed by atoms with van der Waals surface area (Å²) in [7, 11) is 0. The lowest BCUT2D eigenvalue weighted by Crippen LogP contribution is -2.57. The zero-order valence-corrected chi connectivity index (χ0v) is 27.1. The van der Waals surface area contributed by atoms with Gasteiger partial charge in [-0.3, -0.25) is 4.79 Å². The number of carbonyl (C=O) groups excluding carboxylic acids is 2. The Morgan fingerprint density at radius 2 is 1.72 bits per heavy atom. The molecule has 0 unspecified atom stereocenters. The molecule has 0 spiro atoms. The molecule has 5 atom stereocenters. The van der Waals surface area contributed by atoms with Crippen LogP contribution in [0.15, 0.2) is 78.9 Å². The van der Waals surface area contributed by atoms with Gasteiger partial charge in [-0.25, -0.2) is 9.18 Å². The summed E-state index contributed by atoms with van der Waals surface area (Å²) in [6.45, 7) is 8.79. The second kappa shape index (κ2) is 15.2. The van der Waals surface area contributed by atoms with Gasteiger partial charge in [-0.05, 0) is 74.9 Å². The Labute approximate surface area is 271 Å². The molecule has 1 saturated heterocycles. The number of hydrogen-bond donors (Lipinski definition) is 1. The molecule has 0 radical (unpaired) electrons. The number of ether oxygens (including phenoxy) is 4. The van der Waals surface area contributed by atoms with Gasteiger partial charge in [0.1, 0.15) is 23.6 Å². The van der Waals surface area contributed by atoms with Gasteiger partial charge >= 0.3 is 6.09 Å². The van der Waals surface area contributed by atoms with Gasteiger partial charge in [0, 0.05) is 13.0 Å². The molecule has 0 saturated carbocycles. The van der Waals surface area contributed by atoms with Crippen LogP contribution in [0, 0.1) is 5.82 Å². The minimum Gasteiger partial charge on any atom is -0.444 e. The molecule has 0 bridgehead atoms. The van der Waals surface area contributed by atoms with Gasteiger partial charge < -0.3 is 29.2 Å². The van der Waals surface area contributed by atoms with E-state index in [1.807, 2.05) is 54.3 Å². The summed E-state index contributed by atoms with van der Waals surface area (Å²) in [5.41, 5.74) is 3.60. The molecule has 2 aliphatic heterocycles.